The summed E-state index contributed by atoms with van der Waals surface area (Å²) in [5.74, 6) is 0.289. The number of aliphatic hydroxyl groups is 1. The van der Waals surface area contributed by atoms with Gasteiger partial charge in [0.2, 0.25) is 6.29 Å². The molecule has 1 fully saturated rings. The van der Waals surface area contributed by atoms with Gasteiger partial charge in [-0.05, 0) is 44.2 Å². The zero-order chi connectivity index (χ0) is 19.1. The zero-order valence-electron chi connectivity index (χ0n) is 16.1. The van der Waals surface area contributed by atoms with Crippen molar-refractivity contribution in [3.05, 3.63) is 47.7 Å². The van der Waals surface area contributed by atoms with E-state index in [1.54, 1.807) is 0 Å². The fourth-order valence-corrected chi connectivity index (χ4v) is 4.15. The fraction of sp³-hybridized carbons (Fsp3) is 0.591. The minimum atomic E-state index is -0.485. The third kappa shape index (κ3) is 5.11. The van der Waals surface area contributed by atoms with Crippen molar-refractivity contribution in [1.82, 2.24) is 5.32 Å². The first kappa shape index (κ1) is 19.9. The second-order valence-corrected chi connectivity index (χ2v) is 7.39. The maximum atomic E-state index is 12.8. The lowest BCUT2D eigenvalue weighted by atomic mass is 9.80. The Morgan fingerprint density at radius 1 is 1.26 bits per heavy atom. The molecule has 1 aliphatic carbocycles. The average Bonchev–Trinajstić information content (AvgIpc) is 3.20. The summed E-state index contributed by atoms with van der Waals surface area (Å²) in [6.07, 6.45) is 7.32. The van der Waals surface area contributed by atoms with E-state index < -0.39 is 6.29 Å². The summed E-state index contributed by atoms with van der Waals surface area (Å²) in [7, 11) is 0. The third-order valence-corrected chi connectivity index (χ3v) is 5.51. The number of ether oxygens (including phenoxy) is 2. The van der Waals surface area contributed by atoms with Crippen LogP contribution in [0.25, 0.3) is 0 Å². The molecule has 0 unspecified atom stereocenters. The Bertz CT molecular complexity index is 624. The monoisotopic (exact) mass is 373 g/mol. The number of rotatable bonds is 8. The van der Waals surface area contributed by atoms with Gasteiger partial charge in [0, 0.05) is 31.1 Å². The van der Waals surface area contributed by atoms with Crippen LogP contribution in [0.5, 0.6) is 0 Å². The van der Waals surface area contributed by atoms with Crippen molar-refractivity contribution in [1.29, 1.82) is 0 Å². The van der Waals surface area contributed by atoms with Gasteiger partial charge in [-0.2, -0.15) is 0 Å². The van der Waals surface area contributed by atoms with Crippen molar-refractivity contribution >= 4 is 5.91 Å². The highest BCUT2D eigenvalue weighted by Crippen LogP contribution is 2.39. The molecular formula is C22H31NO4. The van der Waals surface area contributed by atoms with Crippen molar-refractivity contribution < 1.29 is 19.4 Å². The normalized spacial score (nSPS) is 25.7. The van der Waals surface area contributed by atoms with Crippen molar-refractivity contribution in [2.24, 2.45) is 5.92 Å². The zero-order valence-corrected chi connectivity index (χ0v) is 16.1. The van der Waals surface area contributed by atoms with E-state index in [1.807, 2.05) is 31.2 Å². The number of hydrogen-bond acceptors (Lipinski definition) is 4. The van der Waals surface area contributed by atoms with Gasteiger partial charge in [-0.25, -0.2) is 0 Å². The van der Waals surface area contributed by atoms with E-state index in [-0.39, 0.29) is 30.4 Å². The molecule has 0 saturated heterocycles. The van der Waals surface area contributed by atoms with E-state index in [0.29, 0.717) is 18.8 Å². The predicted molar refractivity (Wildman–Crippen MR) is 104 cm³/mol. The van der Waals surface area contributed by atoms with E-state index in [4.69, 9.17) is 9.47 Å². The van der Waals surface area contributed by atoms with Gasteiger partial charge in [-0.1, -0.05) is 43.2 Å². The molecule has 1 saturated carbocycles. The molecule has 2 N–H and O–H groups in total. The maximum Gasteiger partial charge on any atom is 0.286 e. The third-order valence-electron chi connectivity index (χ3n) is 5.51. The summed E-state index contributed by atoms with van der Waals surface area (Å²) in [5, 5.41) is 12.4. The predicted octanol–water partition coefficient (Wildman–Crippen LogP) is 3.49. The van der Waals surface area contributed by atoms with Gasteiger partial charge in [-0.15, -0.1) is 0 Å². The number of amides is 1. The lowest BCUT2D eigenvalue weighted by molar-refractivity contribution is -0.166. The van der Waals surface area contributed by atoms with Crippen LogP contribution < -0.4 is 5.32 Å². The lowest BCUT2D eigenvalue weighted by Crippen LogP contribution is -2.41. The van der Waals surface area contributed by atoms with E-state index in [0.717, 1.165) is 24.8 Å². The Balaban J connectivity index is 1.85. The minimum Gasteiger partial charge on any atom is -0.459 e. The molecule has 1 aliphatic heterocycles. The number of allylic oxidation sites excluding steroid dienone is 1. The van der Waals surface area contributed by atoms with Gasteiger partial charge in [0.25, 0.3) is 5.91 Å². The number of carbonyl (C=O) groups excluding carboxylic acids is 1. The van der Waals surface area contributed by atoms with Crippen molar-refractivity contribution in [2.45, 2.75) is 63.7 Å². The molecule has 5 nitrogen and oxygen atoms in total. The maximum absolute atomic E-state index is 12.8. The van der Waals surface area contributed by atoms with Gasteiger partial charge < -0.3 is 19.9 Å². The highest BCUT2D eigenvalue weighted by Gasteiger charge is 2.38. The van der Waals surface area contributed by atoms with Crippen molar-refractivity contribution in [3.63, 3.8) is 0 Å². The number of benzene rings is 1. The van der Waals surface area contributed by atoms with E-state index in [2.05, 4.69) is 17.4 Å². The Kier molecular flexibility index (Phi) is 7.30. The molecule has 1 amide bonds. The molecule has 0 radical (unpaired) electrons. The molecule has 1 aromatic rings. The molecule has 1 heterocycles. The number of hydrogen-bond donors (Lipinski definition) is 2. The van der Waals surface area contributed by atoms with Crippen LogP contribution >= 0.6 is 0 Å². The van der Waals surface area contributed by atoms with E-state index in [1.165, 1.54) is 12.8 Å². The molecule has 0 aromatic heterocycles. The number of nitrogens with one attached hydrogen (secondary N) is 1. The van der Waals surface area contributed by atoms with Gasteiger partial charge >= 0.3 is 0 Å². The van der Waals surface area contributed by atoms with Crippen LogP contribution in [0, 0.1) is 5.92 Å². The topological polar surface area (TPSA) is 67.8 Å². The number of aliphatic hydroxyl groups excluding tert-OH is 1. The van der Waals surface area contributed by atoms with Crippen LogP contribution in [0.4, 0.5) is 0 Å². The van der Waals surface area contributed by atoms with Gasteiger partial charge in [0.1, 0.15) is 0 Å². The molecule has 3 rings (SSSR count). The fourth-order valence-electron chi connectivity index (χ4n) is 4.15. The van der Waals surface area contributed by atoms with Gasteiger partial charge in [0.05, 0.1) is 0 Å². The lowest BCUT2D eigenvalue weighted by Gasteiger charge is -2.37. The Morgan fingerprint density at radius 3 is 2.67 bits per heavy atom. The summed E-state index contributed by atoms with van der Waals surface area (Å²) >= 11 is 0. The molecular weight excluding hydrogens is 342 g/mol. The van der Waals surface area contributed by atoms with Crippen LogP contribution in [0.1, 0.15) is 56.9 Å². The van der Waals surface area contributed by atoms with Gasteiger partial charge in [-0.3, -0.25) is 4.79 Å². The van der Waals surface area contributed by atoms with Gasteiger partial charge in [0.15, 0.2) is 5.76 Å². The minimum absolute atomic E-state index is 0.0207. The Labute approximate surface area is 161 Å². The Morgan fingerprint density at radius 2 is 2.00 bits per heavy atom. The molecule has 2 aliphatic rings. The number of carbonyl (C=O) groups is 1. The second-order valence-electron chi connectivity index (χ2n) is 7.39. The summed E-state index contributed by atoms with van der Waals surface area (Å²) in [6, 6.07) is 10.4. The van der Waals surface area contributed by atoms with Crippen LogP contribution in [-0.2, 0) is 14.3 Å². The van der Waals surface area contributed by atoms with Crippen LogP contribution in [0.3, 0.4) is 0 Å². The van der Waals surface area contributed by atoms with E-state index >= 15 is 0 Å². The Hall–Kier alpha value is -1.85. The molecule has 1 aromatic carbocycles. The first-order valence-electron chi connectivity index (χ1n) is 10.2. The highest BCUT2D eigenvalue weighted by molar-refractivity contribution is 5.92. The average molecular weight is 373 g/mol. The largest absolute Gasteiger partial charge is 0.459 e. The standard InChI is InChI=1S/C22H31NO4/c1-2-26-22-18(13-8-14-24)19(16-9-4-3-5-10-16)15-20(27-22)21(25)23-17-11-6-7-12-17/h3-5,9-10,15,17-19,22,24H,2,6-8,11-14H2,1H3,(H,23,25)/t18-,19+,22+/m0/s1. The van der Waals surface area contributed by atoms with E-state index in [9.17, 15) is 9.90 Å². The first-order valence-corrected chi connectivity index (χ1v) is 10.2. The van der Waals surface area contributed by atoms with Crippen molar-refractivity contribution in [2.75, 3.05) is 13.2 Å². The molecule has 5 heteroatoms. The summed E-state index contributed by atoms with van der Waals surface area (Å²) < 4.78 is 11.9. The van der Waals surface area contributed by atoms with Crippen molar-refractivity contribution in [3.8, 4) is 0 Å². The molecule has 148 valence electrons. The van der Waals surface area contributed by atoms with Crippen LogP contribution in [0.2, 0.25) is 0 Å². The second kappa shape index (κ2) is 9.90. The molecule has 27 heavy (non-hydrogen) atoms. The summed E-state index contributed by atoms with van der Waals surface area (Å²) in [6.45, 7) is 2.58. The van der Waals surface area contributed by atoms with Crippen LogP contribution in [0.15, 0.2) is 42.2 Å². The highest BCUT2D eigenvalue weighted by atomic mass is 16.7. The summed E-state index contributed by atoms with van der Waals surface area (Å²) in [4.78, 5) is 12.8. The first-order chi connectivity index (χ1) is 13.2. The smallest absolute Gasteiger partial charge is 0.286 e. The quantitative estimate of drug-likeness (QED) is 0.732. The summed E-state index contributed by atoms with van der Waals surface area (Å²) in [5.41, 5.74) is 1.14. The molecule has 3 atom stereocenters. The molecule has 0 bridgehead atoms. The SMILES string of the molecule is CCO[C@@H]1OC(C(=O)NC2CCCC2)=C[C@H](c2ccccc2)[C@@H]1CCCO. The molecule has 0 spiro atoms. The van der Waals surface area contributed by atoms with Crippen LogP contribution in [-0.4, -0.2) is 36.6 Å².